The van der Waals surface area contributed by atoms with Crippen LogP contribution in [0.1, 0.15) is 39.0 Å². The van der Waals surface area contributed by atoms with Gasteiger partial charge in [-0.1, -0.05) is 6.92 Å². The predicted molar refractivity (Wildman–Crippen MR) is 66.8 cm³/mol. The minimum Gasteiger partial charge on any atom is -0.481 e. The Hall–Kier alpha value is -0.220. The molecule has 2 atom stereocenters. The molecule has 0 aromatic rings. The zero-order valence-corrected chi connectivity index (χ0v) is 10.6. The molecule has 92 valence electrons. The molecule has 2 rings (SSSR count). The van der Waals surface area contributed by atoms with Crippen LogP contribution in [-0.4, -0.2) is 34.2 Å². The molecule has 4 heteroatoms. The molecule has 0 spiro atoms. The SMILES string of the molecule is CC1CC(NC2CCC(C(=O)O)CC2)CS1. The van der Waals surface area contributed by atoms with Gasteiger partial charge in [-0.05, 0) is 32.1 Å². The molecule has 1 heterocycles. The van der Waals surface area contributed by atoms with Crippen LogP contribution in [0.4, 0.5) is 0 Å². The summed E-state index contributed by atoms with van der Waals surface area (Å²) in [6.45, 7) is 2.29. The first kappa shape index (κ1) is 12.2. The topological polar surface area (TPSA) is 49.3 Å². The van der Waals surface area contributed by atoms with Crippen molar-refractivity contribution in [1.82, 2.24) is 5.32 Å². The highest BCUT2D eigenvalue weighted by molar-refractivity contribution is 8.00. The molecule has 2 fully saturated rings. The van der Waals surface area contributed by atoms with E-state index in [1.807, 2.05) is 11.8 Å². The Morgan fingerprint density at radius 2 is 1.94 bits per heavy atom. The summed E-state index contributed by atoms with van der Waals surface area (Å²) in [6, 6.07) is 1.22. The lowest BCUT2D eigenvalue weighted by Gasteiger charge is -2.29. The summed E-state index contributed by atoms with van der Waals surface area (Å²) in [7, 11) is 0. The van der Waals surface area contributed by atoms with Crippen molar-refractivity contribution in [3.8, 4) is 0 Å². The summed E-state index contributed by atoms with van der Waals surface area (Å²) in [6.07, 6.45) is 5.04. The van der Waals surface area contributed by atoms with Gasteiger partial charge in [-0.15, -0.1) is 0 Å². The molecule has 2 N–H and O–H groups in total. The van der Waals surface area contributed by atoms with Crippen LogP contribution < -0.4 is 5.32 Å². The number of carbonyl (C=O) groups is 1. The number of nitrogens with one attached hydrogen (secondary N) is 1. The Kier molecular flexibility index (Phi) is 4.14. The molecule has 1 aliphatic carbocycles. The van der Waals surface area contributed by atoms with E-state index < -0.39 is 5.97 Å². The van der Waals surface area contributed by atoms with Gasteiger partial charge in [0.1, 0.15) is 0 Å². The van der Waals surface area contributed by atoms with E-state index in [1.54, 1.807) is 0 Å². The molecule has 2 unspecified atom stereocenters. The first-order valence-electron chi connectivity index (χ1n) is 6.25. The van der Waals surface area contributed by atoms with Crippen molar-refractivity contribution in [3.63, 3.8) is 0 Å². The Morgan fingerprint density at radius 1 is 1.25 bits per heavy atom. The largest absolute Gasteiger partial charge is 0.481 e. The maximum Gasteiger partial charge on any atom is 0.306 e. The van der Waals surface area contributed by atoms with Gasteiger partial charge < -0.3 is 10.4 Å². The van der Waals surface area contributed by atoms with Crippen LogP contribution in [0.5, 0.6) is 0 Å². The quantitative estimate of drug-likeness (QED) is 0.797. The van der Waals surface area contributed by atoms with Gasteiger partial charge in [-0.25, -0.2) is 0 Å². The third-order valence-electron chi connectivity index (χ3n) is 3.75. The van der Waals surface area contributed by atoms with E-state index in [0.717, 1.165) is 30.9 Å². The summed E-state index contributed by atoms with van der Waals surface area (Å²) < 4.78 is 0. The second-order valence-electron chi connectivity index (χ2n) is 5.13. The Bertz CT molecular complexity index is 251. The number of carboxylic acids is 1. The molecule has 2 aliphatic rings. The van der Waals surface area contributed by atoms with Crippen molar-refractivity contribution in [2.75, 3.05) is 5.75 Å². The molecule has 3 nitrogen and oxygen atoms in total. The monoisotopic (exact) mass is 243 g/mol. The number of aliphatic carboxylic acids is 1. The minimum absolute atomic E-state index is 0.0880. The fraction of sp³-hybridized carbons (Fsp3) is 0.917. The predicted octanol–water partition coefficient (Wildman–Crippen LogP) is 2.11. The van der Waals surface area contributed by atoms with E-state index in [9.17, 15) is 4.79 Å². The molecule has 0 radical (unpaired) electrons. The molecule has 0 bridgehead atoms. The zero-order valence-electron chi connectivity index (χ0n) is 9.82. The molecule has 0 aromatic carbocycles. The van der Waals surface area contributed by atoms with Crippen LogP contribution >= 0.6 is 11.8 Å². The standard InChI is InChI=1S/C12H21NO2S/c1-8-6-11(7-16-8)13-10-4-2-9(3-5-10)12(14)15/h8-11,13H,2-7H2,1H3,(H,14,15). The molecule has 0 amide bonds. The maximum atomic E-state index is 10.8. The molecule has 1 aliphatic heterocycles. The van der Waals surface area contributed by atoms with Gasteiger partial charge in [0.05, 0.1) is 5.92 Å². The van der Waals surface area contributed by atoms with Crippen LogP contribution in [-0.2, 0) is 4.79 Å². The van der Waals surface area contributed by atoms with Crippen LogP contribution in [0, 0.1) is 5.92 Å². The fourth-order valence-electron chi connectivity index (χ4n) is 2.77. The number of hydrogen-bond acceptors (Lipinski definition) is 3. The summed E-state index contributed by atoms with van der Waals surface area (Å²) >= 11 is 2.04. The first-order chi connectivity index (χ1) is 7.65. The van der Waals surface area contributed by atoms with Crippen molar-refractivity contribution in [2.45, 2.75) is 56.4 Å². The Labute approximate surface area is 101 Å². The average molecular weight is 243 g/mol. The summed E-state index contributed by atoms with van der Waals surface area (Å²) in [5, 5.41) is 13.4. The lowest BCUT2D eigenvalue weighted by Crippen LogP contribution is -2.41. The van der Waals surface area contributed by atoms with Gasteiger partial charge in [0.15, 0.2) is 0 Å². The van der Waals surface area contributed by atoms with Crippen LogP contribution in [0.2, 0.25) is 0 Å². The van der Waals surface area contributed by atoms with Gasteiger partial charge in [0.25, 0.3) is 0 Å². The molecular formula is C12H21NO2S. The van der Waals surface area contributed by atoms with Crippen molar-refractivity contribution in [2.24, 2.45) is 5.92 Å². The molecule has 0 aromatic heterocycles. The summed E-state index contributed by atoms with van der Waals surface area (Å²) in [5.74, 6) is 0.526. The second kappa shape index (κ2) is 5.41. The molecule has 1 saturated heterocycles. The van der Waals surface area contributed by atoms with E-state index in [1.165, 1.54) is 12.2 Å². The average Bonchev–Trinajstić information content (AvgIpc) is 2.65. The molecular weight excluding hydrogens is 222 g/mol. The van der Waals surface area contributed by atoms with E-state index in [0.29, 0.717) is 12.1 Å². The third kappa shape index (κ3) is 3.14. The van der Waals surface area contributed by atoms with Crippen molar-refractivity contribution in [3.05, 3.63) is 0 Å². The number of hydrogen-bond donors (Lipinski definition) is 2. The van der Waals surface area contributed by atoms with Gasteiger partial charge in [-0.2, -0.15) is 11.8 Å². The lowest BCUT2D eigenvalue weighted by atomic mass is 9.86. The van der Waals surface area contributed by atoms with Gasteiger partial charge >= 0.3 is 5.97 Å². The maximum absolute atomic E-state index is 10.8. The Morgan fingerprint density at radius 3 is 2.44 bits per heavy atom. The van der Waals surface area contributed by atoms with E-state index in [4.69, 9.17) is 5.11 Å². The summed E-state index contributed by atoms with van der Waals surface area (Å²) in [5.41, 5.74) is 0. The van der Waals surface area contributed by atoms with Gasteiger partial charge in [-0.3, -0.25) is 4.79 Å². The minimum atomic E-state index is -0.608. The van der Waals surface area contributed by atoms with E-state index >= 15 is 0 Å². The second-order valence-corrected chi connectivity index (χ2v) is 6.60. The molecule has 1 saturated carbocycles. The first-order valence-corrected chi connectivity index (χ1v) is 7.30. The third-order valence-corrected chi connectivity index (χ3v) is 5.10. The normalized spacial score (nSPS) is 39.8. The van der Waals surface area contributed by atoms with E-state index in [2.05, 4.69) is 12.2 Å². The van der Waals surface area contributed by atoms with Gasteiger partial charge in [0, 0.05) is 23.1 Å². The number of rotatable bonds is 3. The van der Waals surface area contributed by atoms with Crippen molar-refractivity contribution >= 4 is 17.7 Å². The molecule has 16 heavy (non-hydrogen) atoms. The lowest BCUT2D eigenvalue weighted by molar-refractivity contribution is -0.142. The highest BCUT2D eigenvalue weighted by Gasteiger charge is 2.29. The number of thioether (sulfide) groups is 1. The number of carboxylic acid groups (broad SMARTS) is 1. The van der Waals surface area contributed by atoms with E-state index in [-0.39, 0.29) is 5.92 Å². The fourth-order valence-corrected chi connectivity index (χ4v) is 3.94. The van der Waals surface area contributed by atoms with Crippen molar-refractivity contribution in [1.29, 1.82) is 0 Å². The summed E-state index contributed by atoms with van der Waals surface area (Å²) in [4.78, 5) is 10.8. The highest BCUT2D eigenvalue weighted by Crippen LogP contribution is 2.29. The van der Waals surface area contributed by atoms with Crippen molar-refractivity contribution < 1.29 is 9.90 Å². The van der Waals surface area contributed by atoms with Crippen LogP contribution in [0.25, 0.3) is 0 Å². The smallest absolute Gasteiger partial charge is 0.306 e. The van der Waals surface area contributed by atoms with Gasteiger partial charge in [0.2, 0.25) is 0 Å². The Balaban J connectivity index is 1.71. The van der Waals surface area contributed by atoms with Crippen LogP contribution in [0.3, 0.4) is 0 Å². The highest BCUT2D eigenvalue weighted by atomic mass is 32.2. The van der Waals surface area contributed by atoms with Crippen LogP contribution in [0.15, 0.2) is 0 Å². The zero-order chi connectivity index (χ0) is 11.5.